The van der Waals surface area contributed by atoms with Crippen molar-refractivity contribution in [2.45, 2.75) is 13.3 Å². The van der Waals surface area contributed by atoms with E-state index < -0.39 is 0 Å². The molecule has 0 saturated heterocycles. The highest BCUT2D eigenvalue weighted by Gasteiger charge is 2.07. The first kappa shape index (κ1) is 21.8. The van der Waals surface area contributed by atoms with Crippen LogP contribution >= 0.6 is 0 Å². The fraction of sp³-hybridized carbons (Fsp3) is 0.120. The number of nitrogens with zero attached hydrogens (tertiary/aromatic N) is 3. The van der Waals surface area contributed by atoms with E-state index in [0.717, 1.165) is 28.3 Å². The molecule has 4 rings (SSSR count). The Morgan fingerprint density at radius 2 is 1.61 bits per heavy atom. The second-order valence-electron chi connectivity index (χ2n) is 7.36. The summed E-state index contributed by atoms with van der Waals surface area (Å²) in [6.07, 6.45) is 3.47. The normalized spacial score (nSPS) is 10.4. The highest BCUT2D eigenvalue weighted by atomic mass is 16.5. The Kier molecular flexibility index (Phi) is 6.75. The predicted octanol–water partition coefficient (Wildman–Crippen LogP) is 4.86. The lowest BCUT2D eigenvalue weighted by Crippen LogP contribution is -2.14. The zero-order valence-corrected chi connectivity index (χ0v) is 18.4. The zero-order chi connectivity index (χ0) is 23.0. The summed E-state index contributed by atoms with van der Waals surface area (Å²) < 4.78 is 5.27. The maximum atomic E-state index is 12.4. The number of hydrogen-bond donors (Lipinski definition) is 3. The quantitative estimate of drug-likeness (QED) is 0.360. The molecule has 166 valence electrons. The van der Waals surface area contributed by atoms with E-state index in [9.17, 15) is 4.79 Å². The van der Waals surface area contributed by atoms with Gasteiger partial charge in [-0.25, -0.2) is 15.0 Å². The van der Waals surface area contributed by atoms with Gasteiger partial charge in [0.1, 0.15) is 29.5 Å². The number of anilines is 5. The number of methoxy groups -OCH3 is 1. The molecule has 0 aliphatic carbocycles. The molecule has 0 aliphatic rings. The summed E-state index contributed by atoms with van der Waals surface area (Å²) in [6, 6.07) is 20.6. The minimum atomic E-state index is -0.0821. The first-order valence-electron chi connectivity index (χ1n) is 10.4. The maximum absolute atomic E-state index is 12.4. The molecule has 2 aromatic heterocycles. The molecule has 0 saturated carbocycles. The molecule has 0 atom stereocenters. The Labute approximate surface area is 192 Å². The van der Waals surface area contributed by atoms with Crippen LogP contribution in [0.15, 0.2) is 79.3 Å². The topological polar surface area (TPSA) is 101 Å². The molecular formula is C25H24N6O2. The van der Waals surface area contributed by atoms with Crippen LogP contribution < -0.4 is 20.7 Å². The summed E-state index contributed by atoms with van der Waals surface area (Å²) in [7, 11) is 1.63. The number of benzene rings is 2. The molecule has 0 fully saturated rings. The van der Waals surface area contributed by atoms with Gasteiger partial charge in [0.05, 0.1) is 13.5 Å². The number of nitrogens with one attached hydrogen (secondary N) is 3. The summed E-state index contributed by atoms with van der Waals surface area (Å²) in [5.74, 6) is 2.69. The average molecular weight is 441 g/mol. The third kappa shape index (κ3) is 6.04. The van der Waals surface area contributed by atoms with Crippen molar-refractivity contribution in [3.05, 3.63) is 90.4 Å². The number of amides is 1. The van der Waals surface area contributed by atoms with Crippen molar-refractivity contribution in [2.24, 2.45) is 0 Å². The van der Waals surface area contributed by atoms with Gasteiger partial charge in [0.15, 0.2) is 0 Å². The molecule has 0 spiro atoms. The highest BCUT2D eigenvalue weighted by Crippen LogP contribution is 2.21. The Bertz CT molecular complexity index is 1230. The van der Waals surface area contributed by atoms with Gasteiger partial charge in [0, 0.05) is 23.6 Å². The van der Waals surface area contributed by atoms with E-state index >= 15 is 0 Å². The number of carbonyl (C=O) groups is 1. The van der Waals surface area contributed by atoms with Crippen LogP contribution in [0.4, 0.5) is 28.8 Å². The van der Waals surface area contributed by atoms with Crippen molar-refractivity contribution in [1.29, 1.82) is 0 Å². The maximum Gasteiger partial charge on any atom is 0.228 e. The molecule has 8 nitrogen and oxygen atoms in total. The molecule has 2 aromatic carbocycles. The number of rotatable bonds is 8. The van der Waals surface area contributed by atoms with Crippen LogP contribution in [0.3, 0.4) is 0 Å². The van der Waals surface area contributed by atoms with Crippen LogP contribution in [0.2, 0.25) is 0 Å². The van der Waals surface area contributed by atoms with Crippen molar-refractivity contribution in [1.82, 2.24) is 15.0 Å². The molecule has 4 aromatic rings. The van der Waals surface area contributed by atoms with Gasteiger partial charge in [-0.2, -0.15) is 0 Å². The smallest absolute Gasteiger partial charge is 0.228 e. The zero-order valence-electron chi connectivity index (χ0n) is 18.4. The Morgan fingerprint density at radius 1 is 0.848 bits per heavy atom. The van der Waals surface area contributed by atoms with Crippen LogP contribution in [0, 0.1) is 6.92 Å². The Balaban J connectivity index is 1.34. The van der Waals surface area contributed by atoms with E-state index in [0.29, 0.717) is 17.5 Å². The minimum absolute atomic E-state index is 0.0821. The third-order valence-corrected chi connectivity index (χ3v) is 4.85. The number of hydrogen-bond acceptors (Lipinski definition) is 7. The highest BCUT2D eigenvalue weighted by molar-refractivity contribution is 5.92. The SMILES string of the molecule is COc1ccc(CC(=O)Nc2ccc(Nc3cc(Nc4ccccn4)ncn3)cc2)cc1C. The second-order valence-corrected chi connectivity index (χ2v) is 7.36. The average Bonchev–Trinajstić information content (AvgIpc) is 2.81. The molecule has 3 N–H and O–H groups in total. The predicted molar refractivity (Wildman–Crippen MR) is 129 cm³/mol. The Hall–Kier alpha value is -4.46. The van der Waals surface area contributed by atoms with Gasteiger partial charge in [-0.05, 0) is 60.5 Å². The summed E-state index contributed by atoms with van der Waals surface area (Å²) in [4.78, 5) is 25.1. The van der Waals surface area contributed by atoms with Crippen LogP contribution in [0.25, 0.3) is 0 Å². The number of aryl methyl sites for hydroxylation is 1. The molecule has 0 unspecified atom stereocenters. The summed E-state index contributed by atoms with van der Waals surface area (Å²) >= 11 is 0. The van der Waals surface area contributed by atoms with Gasteiger partial charge in [-0.1, -0.05) is 18.2 Å². The number of pyridine rings is 1. The monoisotopic (exact) mass is 440 g/mol. The van der Waals surface area contributed by atoms with Crippen molar-refractivity contribution in [2.75, 3.05) is 23.1 Å². The minimum Gasteiger partial charge on any atom is -0.496 e. The number of ether oxygens (including phenoxy) is 1. The molecule has 0 radical (unpaired) electrons. The van der Waals surface area contributed by atoms with Crippen molar-refractivity contribution < 1.29 is 9.53 Å². The first-order valence-corrected chi connectivity index (χ1v) is 10.4. The fourth-order valence-electron chi connectivity index (χ4n) is 3.29. The van der Waals surface area contributed by atoms with Gasteiger partial charge in [-0.3, -0.25) is 4.79 Å². The van der Waals surface area contributed by atoms with Crippen LogP contribution in [-0.2, 0) is 11.2 Å². The first-order chi connectivity index (χ1) is 16.1. The summed E-state index contributed by atoms with van der Waals surface area (Å²) in [5.41, 5.74) is 3.49. The van der Waals surface area contributed by atoms with Gasteiger partial charge >= 0.3 is 0 Å². The molecule has 33 heavy (non-hydrogen) atoms. The standard InChI is InChI=1S/C25H24N6O2/c1-17-13-18(6-11-21(17)33-2)14-25(32)30-20-9-7-19(8-10-20)29-23-15-24(28-16-27-23)31-22-5-3-4-12-26-22/h3-13,15-16H,14H2,1-2H3,(H,30,32)(H2,26,27,28,29,31). The summed E-state index contributed by atoms with van der Waals surface area (Å²) in [6.45, 7) is 1.96. The summed E-state index contributed by atoms with van der Waals surface area (Å²) in [5, 5.41) is 9.29. The Morgan fingerprint density at radius 3 is 2.30 bits per heavy atom. The molecule has 1 amide bonds. The van der Waals surface area contributed by atoms with E-state index in [1.807, 2.05) is 67.6 Å². The van der Waals surface area contributed by atoms with Gasteiger partial charge in [-0.15, -0.1) is 0 Å². The van der Waals surface area contributed by atoms with E-state index in [1.165, 1.54) is 6.33 Å². The number of carbonyl (C=O) groups excluding carboxylic acids is 1. The third-order valence-electron chi connectivity index (χ3n) is 4.85. The second kappa shape index (κ2) is 10.2. The van der Waals surface area contributed by atoms with E-state index in [1.54, 1.807) is 19.4 Å². The van der Waals surface area contributed by atoms with Gasteiger partial charge < -0.3 is 20.7 Å². The van der Waals surface area contributed by atoms with E-state index in [2.05, 4.69) is 30.9 Å². The van der Waals surface area contributed by atoms with Crippen molar-refractivity contribution in [3.63, 3.8) is 0 Å². The largest absolute Gasteiger partial charge is 0.496 e. The van der Waals surface area contributed by atoms with Crippen LogP contribution in [0.5, 0.6) is 5.75 Å². The van der Waals surface area contributed by atoms with E-state index in [4.69, 9.17) is 4.74 Å². The van der Waals surface area contributed by atoms with Gasteiger partial charge in [0.25, 0.3) is 0 Å². The van der Waals surface area contributed by atoms with Gasteiger partial charge in [0.2, 0.25) is 5.91 Å². The molecule has 2 heterocycles. The van der Waals surface area contributed by atoms with Crippen LogP contribution in [0.1, 0.15) is 11.1 Å². The molecule has 8 heteroatoms. The van der Waals surface area contributed by atoms with Crippen LogP contribution in [-0.4, -0.2) is 28.0 Å². The van der Waals surface area contributed by atoms with Crippen molar-refractivity contribution >= 4 is 34.7 Å². The molecule has 0 bridgehead atoms. The molecule has 0 aliphatic heterocycles. The van der Waals surface area contributed by atoms with E-state index in [-0.39, 0.29) is 12.3 Å². The number of aromatic nitrogens is 3. The lowest BCUT2D eigenvalue weighted by atomic mass is 10.1. The lowest BCUT2D eigenvalue weighted by Gasteiger charge is -2.10. The fourth-order valence-corrected chi connectivity index (χ4v) is 3.29. The molecular weight excluding hydrogens is 416 g/mol. The van der Waals surface area contributed by atoms with Crippen molar-refractivity contribution in [3.8, 4) is 5.75 Å². The lowest BCUT2D eigenvalue weighted by molar-refractivity contribution is -0.115.